The Kier molecular flexibility index (Phi) is 4.52. The first-order valence-electron chi connectivity index (χ1n) is 10.2. The van der Waals surface area contributed by atoms with E-state index >= 15 is 0 Å². The summed E-state index contributed by atoms with van der Waals surface area (Å²) >= 11 is 0. The summed E-state index contributed by atoms with van der Waals surface area (Å²) in [5.41, 5.74) is 1.93. The Morgan fingerprint density at radius 2 is 2.00 bits per heavy atom. The van der Waals surface area contributed by atoms with Crippen LogP contribution in [0.15, 0.2) is 59.1 Å². The summed E-state index contributed by atoms with van der Waals surface area (Å²) in [6.45, 7) is 4.54. The number of fused-ring (bicyclic) bond motifs is 1. The van der Waals surface area contributed by atoms with Gasteiger partial charge in [0, 0.05) is 30.8 Å². The molecule has 5 rings (SSSR count). The highest BCUT2D eigenvalue weighted by Gasteiger charge is 2.53. The van der Waals surface area contributed by atoms with E-state index < -0.39 is 5.60 Å². The number of halogens is 1. The summed E-state index contributed by atoms with van der Waals surface area (Å²) in [7, 11) is 0. The van der Waals surface area contributed by atoms with Gasteiger partial charge in [0.1, 0.15) is 22.9 Å². The number of aryl methyl sites for hydroxylation is 1. The topological polar surface area (TPSA) is 49.5 Å². The molecule has 2 fully saturated rings. The standard InChI is InChI=1S/C24H25FN2O2/c1-16-3-2-12-26-23(16)24(28)11-10-18-13-27(15-21(18)24)14-20-8-9-22(29-20)17-4-6-19(25)7-5-17/h2-9,12,18,21,28H,10-11,13-15H2,1H3/t18-,21+,24-/m0/s1. The third kappa shape index (κ3) is 3.28. The summed E-state index contributed by atoms with van der Waals surface area (Å²) in [6.07, 6.45) is 3.58. The number of likely N-dealkylation sites (tertiary alicyclic amines) is 1. The lowest BCUT2D eigenvalue weighted by Gasteiger charge is -2.30. The average Bonchev–Trinajstić information content (AvgIpc) is 3.41. The molecule has 0 bridgehead atoms. The summed E-state index contributed by atoms with van der Waals surface area (Å²) in [4.78, 5) is 6.90. The molecule has 2 aliphatic rings. The SMILES string of the molecule is Cc1cccnc1[C@]1(O)CC[C@H]2CN(Cc3ccc(-c4ccc(F)cc4)o3)C[C@H]21. The monoisotopic (exact) mass is 392 g/mol. The van der Waals surface area contributed by atoms with E-state index in [0.717, 1.165) is 54.3 Å². The van der Waals surface area contributed by atoms with Crippen LogP contribution in [0.5, 0.6) is 0 Å². The van der Waals surface area contributed by atoms with Crippen LogP contribution in [0.1, 0.15) is 29.9 Å². The van der Waals surface area contributed by atoms with Crippen molar-refractivity contribution < 1.29 is 13.9 Å². The average molecular weight is 392 g/mol. The van der Waals surface area contributed by atoms with Gasteiger partial charge in [0.05, 0.1) is 12.2 Å². The maximum absolute atomic E-state index is 13.1. The van der Waals surface area contributed by atoms with Crippen LogP contribution < -0.4 is 0 Å². The molecule has 1 aliphatic carbocycles. The van der Waals surface area contributed by atoms with Crippen LogP contribution in [0.25, 0.3) is 11.3 Å². The van der Waals surface area contributed by atoms with Crippen LogP contribution >= 0.6 is 0 Å². The highest BCUT2D eigenvalue weighted by Crippen LogP contribution is 2.50. The minimum Gasteiger partial charge on any atom is -0.460 e. The minimum atomic E-state index is -0.840. The van der Waals surface area contributed by atoms with Gasteiger partial charge in [-0.2, -0.15) is 0 Å². The third-order valence-corrected chi connectivity index (χ3v) is 6.62. The van der Waals surface area contributed by atoms with Gasteiger partial charge >= 0.3 is 0 Å². The van der Waals surface area contributed by atoms with Gasteiger partial charge in [-0.1, -0.05) is 6.07 Å². The van der Waals surface area contributed by atoms with E-state index in [1.165, 1.54) is 12.1 Å². The quantitative estimate of drug-likeness (QED) is 0.709. The van der Waals surface area contributed by atoms with Crippen LogP contribution in [-0.4, -0.2) is 28.1 Å². The second kappa shape index (κ2) is 7.08. The van der Waals surface area contributed by atoms with Gasteiger partial charge in [0.2, 0.25) is 0 Å². The van der Waals surface area contributed by atoms with E-state index in [9.17, 15) is 9.50 Å². The Morgan fingerprint density at radius 1 is 1.17 bits per heavy atom. The molecule has 5 heteroatoms. The largest absolute Gasteiger partial charge is 0.460 e. The van der Waals surface area contributed by atoms with E-state index in [0.29, 0.717) is 12.5 Å². The van der Waals surface area contributed by atoms with Crippen molar-refractivity contribution in [2.24, 2.45) is 11.8 Å². The van der Waals surface area contributed by atoms with Gasteiger partial charge in [0.15, 0.2) is 0 Å². The fourth-order valence-corrected chi connectivity index (χ4v) is 5.20. The molecule has 1 N–H and O–H groups in total. The zero-order chi connectivity index (χ0) is 20.0. The molecular weight excluding hydrogens is 367 g/mol. The molecule has 3 aromatic rings. The Bertz CT molecular complexity index is 1020. The molecule has 1 saturated heterocycles. The van der Waals surface area contributed by atoms with Gasteiger partial charge < -0.3 is 9.52 Å². The number of rotatable bonds is 4. The highest BCUT2D eigenvalue weighted by molar-refractivity contribution is 5.57. The maximum atomic E-state index is 13.1. The normalized spacial score (nSPS) is 26.7. The number of aliphatic hydroxyl groups is 1. The molecule has 3 atom stereocenters. The number of hydrogen-bond acceptors (Lipinski definition) is 4. The summed E-state index contributed by atoms with van der Waals surface area (Å²) in [5.74, 6) is 2.07. The van der Waals surface area contributed by atoms with Crippen LogP contribution in [0.2, 0.25) is 0 Å². The lowest BCUT2D eigenvalue weighted by Crippen LogP contribution is -2.36. The predicted octanol–water partition coefficient (Wildman–Crippen LogP) is 4.52. The van der Waals surface area contributed by atoms with E-state index in [-0.39, 0.29) is 11.7 Å². The van der Waals surface area contributed by atoms with Crippen molar-refractivity contribution in [2.75, 3.05) is 13.1 Å². The van der Waals surface area contributed by atoms with Crippen molar-refractivity contribution in [3.8, 4) is 11.3 Å². The number of pyridine rings is 1. The minimum absolute atomic E-state index is 0.197. The van der Waals surface area contributed by atoms with Crippen LogP contribution in [0.3, 0.4) is 0 Å². The highest BCUT2D eigenvalue weighted by atomic mass is 19.1. The molecule has 0 amide bonds. The van der Waals surface area contributed by atoms with E-state index in [1.54, 1.807) is 18.3 Å². The Labute approximate surface area is 170 Å². The number of furan rings is 1. The number of benzene rings is 1. The number of hydrogen-bond donors (Lipinski definition) is 1. The van der Waals surface area contributed by atoms with Crippen molar-refractivity contribution >= 4 is 0 Å². The summed E-state index contributed by atoms with van der Waals surface area (Å²) in [6, 6.07) is 14.2. The second-order valence-corrected chi connectivity index (χ2v) is 8.47. The van der Waals surface area contributed by atoms with Crippen molar-refractivity contribution in [3.05, 3.63) is 77.6 Å². The molecule has 2 aromatic heterocycles. The van der Waals surface area contributed by atoms with Crippen LogP contribution in [-0.2, 0) is 12.1 Å². The van der Waals surface area contributed by atoms with Crippen LogP contribution in [0, 0.1) is 24.6 Å². The molecule has 150 valence electrons. The van der Waals surface area contributed by atoms with Crippen molar-refractivity contribution in [1.82, 2.24) is 9.88 Å². The maximum Gasteiger partial charge on any atom is 0.134 e. The Balaban J connectivity index is 1.31. The fourth-order valence-electron chi connectivity index (χ4n) is 5.20. The van der Waals surface area contributed by atoms with Crippen molar-refractivity contribution in [1.29, 1.82) is 0 Å². The first kappa shape index (κ1) is 18.5. The molecule has 0 spiro atoms. The number of nitrogens with zero attached hydrogens (tertiary/aromatic N) is 2. The van der Waals surface area contributed by atoms with Gasteiger partial charge in [-0.15, -0.1) is 0 Å². The molecule has 3 heterocycles. The molecule has 4 nitrogen and oxygen atoms in total. The zero-order valence-corrected chi connectivity index (χ0v) is 16.5. The lowest BCUT2D eigenvalue weighted by atomic mass is 9.83. The second-order valence-electron chi connectivity index (χ2n) is 8.47. The smallest absolute Gasteiger partial charge is 0.134 e. The fraction of sp³-hybridized carbons (Fsp3) is 0.375. The molecule has 29 heavy (non-hydrogen) atoms. The molecule has 1 aromatic carbocycles. The van der Waals surface area contributed by atoms with Gasteiger partial charge in [-0.25, -0.2) is 4.39 Å². The molecule has 1 aliphatic heterocycles. The van der Waals surface area contributed by atoms with E-state index in [1.807, 2.05) is 31.2 Å². The molecule has 0 radical (unpaired) electrons. The first-order chi connectivity index (χ1) is 14.0. The lowest BCUT2D eigenvalue weighted by molar-refractivity contribution is -0.0116. The van der Waals surface area contributed by atoms with E-state index in [2.05, 4.69) is 9.88 Å². The van der Waals surface area contributed by atoms with E-state index in [4.69, 9.17) is 4.42 Å². The Hall–Kier alpha value is -2.50. The third-order valence-electron chi connectivity index (χ3n) is 6.62. The molecular formula is C24H25FN2O2. The van der Waals surface area contributed by atoms with Crippen molar-refractivity contribution in [3.63, 3.8) is 0 Å². The molecule has 1 saturated carbocycles. The van der Waals surface area contributed by atoms with Gasteiger partial charge in [0.25, 0.3) is 0 Å². The zero-order valence-electron chi connectivity index (χ0n) is 16.5. The first-order valence-corrected chi connectivity index (χ1v) is 10.2. The number of aromatic nitrogens is 1. The summed E-state index contributed by atoms with van der Waals surface area (Å²) in [5, 5.41) is 11.5. The van der Waals surface area contributed by atoms with Crippen molar-refractivity contribution in [2.45, 2.75) is 31.9 Å². The van der Waals surface area contributed by atoms with Gasteiger partial charge in [-0.05, 0) is 73.7 Å². The van der Waals surface area contributed by atoms with Gasteiger partial charge in [-0.3, -0.25) is 9.88 Å². The predicted molar refractivity (Wildman–Crippen MR) is 108 cm³/mol. The molecule has 0 unspecified atom stereocenters. The summed E-state index contributed by atoms with van der Waals surface area (Å²) < 4.78 is 19.1. The van der Waals surface area contributed by atoms with Crippen LogP contribution in [0.4, 0.5) is 4.39 Å². The Morgan fingerprint density at radius 3 is 2.79 bits per heavy atom.